The molecule has 0 heterocycles. The molecule has 1 unspecified atom stereocenters. The monoisotopic (exact) mass is 538 g/mol. The number of benzene rings is 1. The summed E-state index contributed by atoms with van der Waals surface area (Å²) in [6.45, 7) is 6.43. The topological polar surface area (TPSA) is 37.3 Å². The second-order valence-corrected chi connectivity index (χ2v) is 21.1. The van der Waals surface area contributed by atoms with Gasteiger partial charge in [0.15, 0.2) is 0 Å². The molecule has 1 aromatic carbocycles. The summed E-state index contributed by atoms with van der Waals surface area (Å²) in [5.74, 6) is -9.60. The Balaban J connectivity index is 3.22. The van der Waals surface area contributed by atoms with Crippen molar-refractivity contribution < 1.29 is 27.5 Å². The quantitative estimate of drug-likeness (QED) is 0.150. The molecule has 1 rings (SSSR count). The Labute approximate surface area is 181 Å². The van der Waals surface area contributed by atoms with E-state index in [2.05, 4.69) is 24.9 Å². The van der Waals surface area contributed by atoms with Gasteiger partial charge < -0.3 is 0 Å². The molecule has 0 saturated heterocycles. The van der Waals surface area contributed by atoms with Crippen LogP contribution in [0.1, 0.15) is 77.2 Å². The zero-order valence-electron chi connectivity index (χ0n) is 18.2. The molecule has 0 aliphatic heterocycles. The van der Waals surface area contributed by atoms with Gasteiger partial charge in [0.2, 0.25) is 0 Å². The fourth-order valence-corrected chi connectivity index (χ4v) is 18.3. The van der Waals surface area contributed by atoms with Crippen LogP contribution in [0.25, 0.3) is 0 Å². The number of halogens is 4. The predicted octanol–water partition coefficient (Wildman–Crippen LogP) is 7.75. The first-order valence-corrected chi connectivity index (χ1v) is 18.7. The molecule has 1 aromatic rings. The van der Waals surface area contributed by atoms with E-state index in [0.717, 1.165) is 51.8 Å². The molecule has 1 atom stereocenters. The van der Waals surface area contributed by atoms with Crippen molar-refractivity contribution in [1.29, 1.82) is 0 Å². The van der Waals surface area contributed by atoms with Crippen LogP contribution in [0.15, 0.2) is 16.2 Å². The van der Waals surface area contributed by atoms with Gasteiger partial charge in [-0.15, -0.1) is 0 Å². The van der Waals surface area contributed by atoms with E-state index in [4.69, 9.17) is 0 Å². The minimum atomic E-state index is -2.70. The van der Waals surface area contributed by atoms with Crippen molar-refractivity contribution >= 4 is 24.3 Å². The van der Waals surface area contributed by atoms with E-state index >= 15 is 0 Å². The van der Waals surface area contributed by atoms with Gasteiger partial charge in [-0.2, -0.15) is 0 Å². The summed E-state index contributed by atoms with van der Waals surface area (Å²) >= 11 is -2.70. The van der Waals surface area contributed by atoms with Crippen LogP contribution in [0.2, 0.25) is 13.3 Å². The van der Waals surface area contributed by atoms with Crippen molar-refractivity contribution in [3.8, 4) is 0 Å². The number of carboxylic acid groups (broad SMARTS) is 1. The van der Waals surface area contributed by atoms with Crippen LogP contribution in [0, 0.1) is 23.3 Å². The first-order valence-electron chi connectivity index (χ1n) is 11.0. The Morgan fingerprint density at radius 2 is 1.37 bits per heavy atom. The van der Waals surface area contributed by atoms with Crippen molar-refractivity contribution in [1.82, 2.24) is 0 Å². The van der Waals surface area contributed by atoms with E-state index < -0.39 is 59.1 Å². The van der Waals surface area contributed by atoms with Crippen LogP contribution >= 0.6 is 0 Å². The van der Waals surface area contributed by atoms with Crippen LogP contribution in [-0.4, -0.2) is 29.5 Å². The second-order valence-electron chi connectivity index (χ2n) is 8.08. The number of carboxylic acids is 1. The van der Waals surface area contributed by atoms with Crippen molar-refractivity contribution in [3.05, 3.63) is 45.1 Å². The van der Waals surface area contributed by atoms with Crippen LogP contribution in [-0.2, 0) is 4.79 Å². The van der Waals surface area contributed by atoms with E-state index in [9.17, 15) is 27.5 Å². The minimum absolute atomic E-state index is 0.102. The molecule has 30 heavy (non-hydrogen) atoms. The SMILES string of the molecule is CCC[CH2][Sn](/[CH]=C\CC(C(=O)O)c1c(F)c(F)cc(F)c1F)([CH2]CCC)[CH2]CCC. The fourth-order valence-electron chi connectivity index (χ4n) is 3.91. The van der Waals surface area contributed by atoms with Gasteiger partial charge in [-0.3, -0.25) is 0 Å². The van der Waals surface area contributed by atoms with Gasteiger partial charge in [-0.05, 0) is 0 Å². The molecule has 0 bridgehead atoms. The van der Waals surface area contributed by atoms with E-state index in [0.29, 0.717) is 0 Å². The summed E-state index contributed by atoms with van der Waals surface area (Å²) in [4.78, 5) is 11.7. The Morgan fingerprint density at radius 3 is 1.73 bits per heavy atom. The second kappa shape index (κ2) is 13.4. The van der Waals surface area contributed by atoms with Gasteiger partial charge in [0.05, 0.1) is 0 Å². The number of aliphatic carboxylic acids is 1. The third-order valence-electron chi connectivity index (χ3n) is 5.72. The maximum absolute atomic E-state index is 14.2. The molecule has 0 aliphatic rings. The van der Waals surface area contributed by atoms with Crippen LogP contribution < -0.4 is 0 Å². The molecule has 0 saturated carbocycles. The zero-order valence-corrected chi connectivity index (χ0v) is 21.1. The summed E-state index contributed by atoms with van der Waals surface area (Å²) in [5.41, 5.74) is -1.04. The summed E-state index contributed by atoms with van der Waals surface area (Å²) in [6.07, 6.45) is 8.15. The van der Waals surface area contributed by atoms with Crippen molar-refractivity contribution in [3.63, 3.8) is 0 Å². The first-order chi connectivity index (χ1) is 14.2. The summed E-state index contributed by atoms with van der Waals surface area (Å²) in [5, 5.41) is 9.52. The molecule has 2 nitrogen and oxygen atoms in total. The molecule has 170 valence electrons. The Morgan fingerprint density at radius 1 is 0.933 bits per heavy atom. The van der Waals surface area contributed by atoms with Gasteiger partial charge in [0.25, 0.3) is 0 Å². The summed E-state index contributed by atoms with van der Waals surface area (Å²) in [6, 6.07) is 0.102. The van der Waals surface area contributed by atoms with E-state index in [1.807, 2.05) is 0 Å². The number of carbonyl (C=O) groups is 1. The first kappa shape index (κ1) is 27.0. The average molecular weight is 537 g/mol. The number of allylic oxidation sites excluding steroid dienone is 1. The molecule has 0 fully saturated rings. The standard InChI is InChI=1S/C11H7F4O2.3C4H9.Sn/c1-2-3-5(11(16)17)8-9(14)6(12)4-7(13)10(8)15;3*1-3-4-2;/h1-2,4-5H,3H2,(H,16,17);3*1,3-4H2,2H3;. The van der Waals surface area contributed by atoms with E-state index in [-0.39, 0.29) is 12.5 Å². The average Bonchev–Trinajstić information content (AvgIpc) is 2.71. The molecular weight excluding hydrogens is 503 g/mol. The molecule has 0 aromatic heterocycles. The molecular formula is C23H34F4O2Sn. The van der Waals surface area contributed by atoms with Gasteiger partial charge in [-0.25, -0.2) is 0 Å². The van der Waals surface area contributed by atoms with E-state index in [1.165, 1.54) is 0 Å². The number of hydrogen-bond donors (Lipinski definition) is 1. The van der Waals surface area contributed by atoms with Crippen LogP contribution in [0.3, 0.4) is 0 Å². The van der Waals surface area contributed by atoms with Crippen molar-refractivity contribution in [2.75, 3.05) is 0 Å². The maximum atomic E-state index is 14.2. The Bertz CT molecular complexity index is 674. The fraction of sp³-hybridized carbons (Fsp3) is 0.609. The van der Waals surface area contributed by atoms with Crippen molar-refractivity contribution in [2.24, 2.45) is 0 Å². The summed E-state index contributed by atoms with van der Waals surface area (Å²) in [7, 11) is 0. The molecule has 0 spiro atoms. The normalized spacial score (nSPS) is 13.2. The van der Waals surface area contributed by atoms with Crippen molar-refractivity contribution in [2.45, 2.75) is 84.9 Å². The zero-order chi connectivity index (χ0) is 22.7. The van der Waals surface area contributed by atoms with E-state index in [1.54, 1.807) is 6.08 Å². The Kier molecular flexibility index (Phi) is 12.0. The number of hydrogen-bond acceptors (Lipinski definition) is 1. The molecule has 1 N–H and O–H groups in total. The third-order valence-corrected chi connectivity index (χ3v) is 20.0. The van der Waals surface area contributed by atoms with Gasteiger partial charge in [0, 0.05) is 0 Å². The van der Waals surface area contributed by atoms with Gasteiger partial charge in [0.1, 0.15) is 0 Å². The molecule has 0 aliphatic carbocycles. The van der Waals surface area contributed by atoms with Gasteiger partial charge >= 0.3 is 182 Å². The molecule has 0 radical (unpaired) electrons. The number of rotatable bonds is 14. The third kappa shape index (κ3) is 7.57. The molecule has 7 heteroatoms. The van der Waals surface area contributed by atoms with Crippen LogP contribution in [0.5, 0.6) is 0 Å². The molecule has 0 amide bonds. The predicted molar refractivity (Wildman–Crippen MR) is 115 cm³/mol. The Hall–Kier alpha value is -1.05. The van der Waals surface area contributed by atoms with Crippen LogP contribution in [0.4, 0.5) is 17.6 Å². The number of unbranched alkanes of at least 4 members (excludes halogenated alkanes) is 3. The van der Waals surface area contributed by atoms with Gasteiger partial charge in [-0.1, -0.05) is 0 Å². The summed E-state index contributed by atoms with van der Waals surface area (Å²) < 4.78 is 61.2.